The molecule has 0 bridgehead atoms. The number of fused-ring (bicyclic) bond motifs is 1. The lowest BCUT2D eigenvalue weighted by Gasteiger charge is -2.19. The fourth-order valence-corrected chi connectivity index (χ4v) is 3.43. The molecule has 0 fully saturated rings. The highest BCUT2D eigenvalue weighted by Gasteiger charge is 2.33. The van der Waals surface area contributed by atoms with Crippen LogP contribution in [0.4, 0.5) is 17.6 Å². The van der Waals surface area contributed by atoms with E-state index in [4.69, 9.17) is 16.3 Å². The molecule has 11 heteroatoms. The van der Waals surface area contributed by atoms with E-state index >= 15 is 0 Å². The van der Waals surface area contributed by atoms with E-state index in [-0.39, 0.29) is 12.3 Å². The minimum Gasteiger partial charge on any atom is -0.462 e. The van der Waals surface area contributed by atoms with Gasteiger partial charge in [-0.25, -0.2) is 9.18 Å². The fourth-order valence-electron chi connectivity index (χ4n) is 3.35. The highest BCUT2D eigenvalue weighted by atomic mass is 35.5. The van der Waals surface area contributed by atoms with E-state index in [1.54, 1.807) is 24.3 Å². The smallest absolute Gasteiger partial charge is 0.462 e. The van der Waals surface area contributed by atoms with Gasteiger partial charge in [-0.3, -0.25) is 4.79 Å². The number of hydrogen-bond donors (Lipinski definition) is 0. The number of halogens is 5. The molecule has 0 saturated carbocycles. The number of ether oxygens (including phenoxy) is 2. The maximum atomic E-state index is 14.6. The predicted octanol–water partition coefficient (Wildman–Crippen LogP) is 6.09. The van der Waals surface area contributed by atoms with Gasteiger partial charge in [0.05, 0.1) is 12.0 Å². The zero-order valence-electron chi connectivity index (χ0n) is 20.5. The van der Waals surface area contributed by atoms with E-state index in [0.717, 1.165) is 22.9 Å². The van der Waals surface area contributed by atoms with Gasteiger partial charge < -0.3 is 18.9 Å². The monoisotopic (exact) mass is 530 g/mol. The third kappa shape index (κ3) is 6.55. The molecule has 0 aliphatic rings. The van der Waals surface area contributed by atoms with Crippen LogP contribution in [0.1, 0.15) is 43.6 Å². The van der Waals surface area contributed by atoms with Crippen LogP contribution >= 0.6 is 11.6 Å². The fraction of sp³-hybridized carbons (Fsp3) is 0.360. The molecule has 0 saturated heterocycles. The molecule has 3 aromatic rings. The summed E-state index contributed by atoms with van der Waals surface area (Å²) in [5, 5.41) is -0.574. The Kier molecular flexibility index (Phi) is 9.89. The van der Waals surface area contributed by atoms with Crippen LogP contribution in [-0.2, 0) is 11.3 Å². The summed E-state index contributed by atoms with van der Waals surface area (Å²) in [7, 11) is 1.92. The van der Waals surface area contributed by atoms with E-state index in [1.807, 2.05) is 32.7 Å². The maximum Gasteiger partial charge on any atom is 0.487 e. The second-order valence-corrected chi connectivity index (χ2v) is 7.84. The van der Waals surface area contributed by atoms with Crippen molar-refractivity contribution >= 4 is 28.5 Å². The van der Waals surface area contributed by atoms with E-state index in [9.17, 15) is 27.2 Å². The molecule has 0 amide bonds. The minimum absolute atomic E-state index is 0.0550. The number of carbonyl (C=O) groups excluding carboxylic acids is 1. The molecular weight excluding hydrogens is 504 g/mol. The largest absolute Gasteiger partial charge is 0.487 e. The average Bonchev–Trinajstić information content (AvgIpc) is 2.83. The van der Waals surface area contributed by atoms with Crippen molar-refractivity contribution in [2.24, 2.45) is 0 Å². The van der Waals surface area contributed by atoms with Crippen molar-refractivity contribution in [2.75, 3.05) is 20.2 Å². The Morgan fingerprint density at radius 3 is 2.28 bits per heavy atom. The Morgan fingerprint density at radius 2 is 1.75 bits per heavy atom. The Labute approximate surface area is 211 Å². The van der Waals surface area contributed by atoms with Gasteiger partial charge in [0, 0.05) is 30.0 Å². The Hall–Kier alpha value is -3.11. The Bertz CT molecular complexity index is 1270. The van der Waals surface area contributed by atoms with E-state index in [0.29, 0.717) is 12.6 Å². The van der Waals surface area contributed by atoms with Gasteiger partial charge in [-0.1, -0.05) is 32.9 Å². The number of benzene rings is 2. The summed E-state index contributed by atoms with van der Waals surface area (Å²) in [5.74, 6) is -5.70. The third-order valence-electron chi connectivity index (χ3n) is 5.06. The van der Waals surface area contributed by atoms with Gasteiger partial charge in [-0.05, 0) is 44.3 Å². The molecule has 36 heavy (non-hydrogen) atoms. The average molecular weight is 531 g/mol. The SMILES string of the molecule is CC.CCOC(=O)c1cn(-c2ccc(CN(C)CC)cc2)c2c(OC(F)(F)Cl)c(F)c(F)cc2c1=O. The molecule has 0 aliphatic carbocycles. The molecule has 0 atom stereocenters. The lowest BCUT2D eigenvalue weighted by molar-refractivity contribution is -0.0978. The summed E-state index contributed by atoms with van der Waals surface area (Å²) in [4.78, 5) is 27.4. The summed E-state index contributed by atoms with van der Waals surface area (Å²) in [6.07, 6.45) is 1.01. The molecule has 0 aliphatic heterocycles. The first-order valence-electron chi connectivity index (χ1n) is 11.2. The lowest BCUT2D eigenvalue weighted by atomic mass is 10.1. The second-order valence-electron chi connectivity index (χ2n) is 7.40. The topological polar surface area (TPSA) is 60.8 Å². The second kappa shape index (κ2) is 12.2. The van der Waals surface area contributed by atoms with Crippen LogP contribution in [0.5, 0.6) is 5.75 Å². The number of hydrogen-bond acceptors (Lipinski definition) is 5. The molecule has 196 valence electrons. The predicted molar refractivity (Wildman–Crippen MR) is 130 cm³/mol. The van der Waals surface area contributed by atoms with Crippen molar-refractivity contribution in [3.05, 3.63) is 69.5 Å². The van der Waals surface area contributed by atoms with Crippen molar-refractivity contribution in [1.82, 2.24) is 9.47 Å². The van der Waals surface area contributed by atoms with Crippen LogP contribution in [0.2, 0.25) is 0 Å². The van der Waals surface area contributed by atoms with Crippen molar-refractivity contribution in [2.45, 2.75) is 39.8 Å². The number of pyridine rings is 1. The molecule has 1 heterocycles. The first-order valence-corrected chi connectivity index (χ1v) is 11.6. The lowest BCUT2D eigenvalue weighted by Crippen LogP contribution is -2.23. The van der Waals surface area contributed by atoms with Crippen LogP contribution in [0.25, 0.3) is 16.6 Å². The number of alkyl halides is 3. The maximum absolute atomic E-state index is 14.6. The van der Waals surface area contributed by atoms with Gasteiger partial charge in [0.2, 0.25) is 11.2 Å². The first-order chi connectivity index (χ1) is 17.0. The highest BCUT2D eigenvalue weighted by Crippen LogP contribution is 2.36. The number of carbonyl (C=O) groups is 1. The number of aromatic nitrogens is 1. The summed E-state index contributed by atoms with van der Waals surface area (Å²) < 4.78 is 66.0. The zero-order valence-corrected chi connectivity index (χ0v) is 21.3. The Balaban J connectivity index is 0.00000222. The van der Waals surface area contributed by atoms with Crippen LogP contribution in [-0.4, -0.2) is 41.2 Å². The molecule has 0 N–H and O–H groups in total. The van der Waals surface area contributed by atoms with Crippen molar-refractivity contribution in [3.63, 3.8) is 0 Å². The molecule has 0 spiro atoms. The number of rotatable bonds is 8. The summed E-state index contributed by atoms with van der Waals surface area (Å²) >= 11 is 4.83. The number of esters is 1. The molecule has 0 unspecified atom stereocenters. The summed E-state index contributed by atoms with van der Waals surface area (Å²) in [5.41, 5.74) is -5.32. The minimum atomic E-state index is -4.41. The Morgan fingerprint density at radius 1 is 1.14 bits per heavy atom. The van der Waals surface area contributed by atoms with E-state index in [2.05, 4.69) is 4.74 Å². The first kappa shape index (κ1) is 29.1. The van der Waals surface area contributed by atoms with Crippen molar-refractivity contribution in [3.8, 4) is 11.4 Å². The number of nitrogens with zero attached hydrogens (tertiary/aromatic N) is 2. The van der Waals surface area contributed by atoms with E-state index in [1.165, 1.54) is 6.92 Å². The van der Waals surface area contributed by atoms with Gasteiger partial charge in [0.1, 0.15) is 11.1 Å². The van der Waals surface area contributed by atoms with Crippen LogP contribution in [0.3, 0.4) is 0 Å². The molecule has 0 radical (unpaired) electrons. The van der Waals surface area contributed by atoms with Gasteiger partial charge in [0.25, 0.3) is 0 Å². The molecule has 6 nitrogen and oxygen atoms in total. The van der Waals surface area contributed by atoms with Gasteiger partial charge in [-0.2, -0.15) is 4.39 Å². The molecule has 3 rings (SSSR count). The van der Waals surface area contributed by atoms with Crippen LogP contribution < -0.4 is 10.2 Å². The summed E-state index contributed by atoms with van der Waals surface area (Å²) in [6.45, 7) is 8.86. The molecule has 1 aromatic heterocycles. The van der Waals surface area contributed by atoms with Gasteiger partial charge in [-0.15, -0.1) is 8.78 Å². The van der Waals surface area contributed by atoms with Crippen LogP contribution in [0.15, 0.2) is 41.3 Å². The standard InChI is InChI=1S/C23H21ClF4N2O4.C2H6/c1-4-29(3)11-13-6-8-14(9-7-13)30-12-16(22(32)33-5-2)20(31)15-10-17(25)18(26)21(19(15)30)34-23(24,27)28;1-2/h6-10,12H,4-5,11H2,1-3H3;1-2H3. The van der Waals surface area contributed by atoms with Gasteiger partial charge in [0.15, 0.2) is 11.6 Å². The highest BCUT2D eigenvalue weighted by molar-refractivity contribution is 6.21. The quantitative estimate of drug-likeness (QED) is 0.200. The van der Waals surface area contributed by atoms with Crippen LogP contribution in [0, 0.1) is 11.6 Å². The third-order valence-corrected chi connectivity index (χ3v) is 5.14. The van der Waals surface area contributed by atoms with Crippen molar-refractivity contribution in [1.29, 1.82) is 0 Å². The molecule has 2 aromatic carbocycles. The summed E-state index contributed by atoms with van der Waals surface area (Å²) in [6, 6.07) is 7.11. The van der Waals surface area contributed by atoms with Crippen molar-refractivity contribution < 1.29 is 31.8 Å². The van der Waals surface area contributed by atoms with E-state index < -0.39 is 50.8 Å². The van der Waals surface area contributed by atoms with Gasteiger partial charge >= 0.3 is 11.5 Å². The molecular formula is C25H27ClF4N2O4. The normalized spacial score (nSPS) is 11.3. The zero-order chi connectivity index (χ0) is 27.2.